The number of carbonyl (C=O) groups is 1. The molecule has 0 bridgehead atoms. The maximum absolute atomic E-state index is 13.3. The van der Waals surface area contributed by atoms with E-state index in [0.717, 1.165) is 28.1 Å². The summed E-state index contributed by atoms with van der Waals surface area (Å²) in [5, 5.41) is 3.27. The van der Waals surface area contributed by atoms with E-state index >= 15 is 0 Å². The number of aryl methyl sites for hydroxylation is 3. The Morgan fingerprint density at radius 3 is 2.41 bits per heavy atom. The van der Waals surface area contributed by atoms with Crippen LogP contribution in [0.1, 0.15) is 46.7 Å². The van der Waals surface area contributed by atoms with Crippen LogP contribution < -0.4 is 5.32 Å². The molecule has 5 heteroatoms. The smallest absolute Gasteiger partial charge is 0.273 e. The van der Waals surface area contributed by atoms with Crippen molar-refractivity contribution in [1.29, 1.82) is 0 Å². The summed E-state index contributed by atoms with van der Waals surface area (Å²) in [5.74, 6) is 0.337. The van der Waals surface area contributed by atoms with Gasteiger partial charge < -0.3 is 10.2 Å². The molecule has 5 nitrogen and oxygen atoms in total. The molecule has 0 spiro atoms. The number of hydrogen-bond acceptors (Lipinski definition) is 4. The van der Waals surface area contributed by atoms with E-state index in [1.54, 1.807) is 6.07 Å². The molecule has 0 aliphatic carbocycles. The monoisotopic (exact) mass is 388 g/mol. The summed E-state index contributed by atoms with van der Waals surface area (Å²) in [6, 6.07) is 18.0. The number of nitrogens with zero attached hydrogens (tertiary/aromatic N) is 3. The van der Waals surface area contributed by atoms with E-state index in [9.17, 15) is 4.79 Å². The first-order valence-corrected chi connectivity index (χ1v) is 9.88. The van der Waals surface area contributed by atoms with Crippen LogP contribution in [-0.4, -0.2) is 26.8 Å². The lowest BCUT2D eigenvalue weighted by atomic mass is 10.1. The predicted octanol–water partition coefficient (Wildman–Crippen LogP) is 5.20. The molecule has 29 heavy (non-hydrogen) atoms. The van der Waals surface area contributed by atoms with Gasteiger partial charge in [-0.05, 0) is 63.4 Å². The molecule has 2 aromatic carbocycles. The summed E-state index contributed by atoms with van der Waals surface area (Å²) in [4.78, 5) is 24.1. The van der Waals surface area contributed by atoms with Gasteiger partial charge in [0.05, 0.1) is 0 Å². The van der Waals surface area contributed by atoms with Gasteiger partial charge in [-0.15, -0.1) is 0 Å². The molecule has 1 heterocycles. The van der Waals surface area contributed by atoms with Gasteiger partial charge in [0.15, 0.2) is 0 Å². The van der Waals surface area contributed by atoms with Gasteiger partial charge in [0.2, 0.25) is 5.95 Å². The molecule has 1 amide bonds. The zero-order valence-corrected chi connectivity index (χ0v) is 17.7. The molecule has 0 radical (unpaired) electrons. The van der Waals surface area contributed by atoms with Gasteiger partial charge in [-0.1, -0.05) is 42.5 Å². The highest BCUT2D eigenvalue weighted by Gasteiger charge is 2.21. The molecule has 3 aromatic rings. The molecule has 0 aliphatic rings. The van der Waals surface area contributed by atoms with Crippen molar-refractivity contribution in [1.82, 2.24) is 14.9 Å². The lowest BCUT2D eigenvalue weighted by Gasteiger charge is -2.27. The van der Waals surface area contributed by atoms with Crippen molar-refractivity contribution in [2.45, 2.75) is 47.2 Å². The molecular weight excluding hydrogens is 360 g/mol. The second-order valence-corrected chi connectivity index (χ2v) is 7.67. The van der Waals surface area contributed by atoms with Crippen molar-refractivity contribution in [3.8, 4) is 0 Å². The predicted molar refractivity (Wildman–Crippen MR) is 117 cm³/mol. The van der Waals surface area contributed by atoms with Crippen LogP contribution in [0.3, 0.4) is 0 Å². The number of anilines is 2. The Hall–Kier alpha value is -3.21. The Morgan fingerprint density at radius 2 is 1.72 bits per heavy atom. The molecule has 3 rings (SSSR count). The van der Waals surface area contributed by atoms with Crippen molar-refractivity contribution < 1.29 is 4.79 Å². The summed E-state index contributed by atoms with van der Waals surface area (Å²) in [7, 11) is 0. The number of amides is 1. The van der Waals surface area contributed by atoms with E-state index in [1.165, 1.54) is 0 Å². The molecular formula is C24H28N4O. The fraction of sp³-hybridized carbons (Fsp3) is 0.292. The first kappa shape index (κ1) is 20.5. The van der Waals surface area contributed by atoms with Crippen LogP contribution in [0.25, 0.3) is 0 Å². The third kappa shape index (κ3) is 5.19. The SMILES string of the molecule is Cc1ccc(C)c(Nc2nc(C)cc(C(=O)N(Cc3ccccc3)C(C)C)n2)c1. The Labute approximate surface area is 172 Å². The first-order chi connectivity index (χ1) is 13.8. The molecule has 1 aromatic heterocycles. The van der Waals surface area contributed by atoms with Crippen molar-refractivity contribution >= 4 is 17.5 Å². The zero-order valence-electron chi connectivity index (χ0n) is 17.7. The van der Waals surface area contributed by atoms with Gasteiger partial charge >= 0.3 is 0 Å². The lowest BCUT2D eigenvalue weighted by molar-refractivity contribution is 0.0684. The number of aromatic nitrogens is 2. The summed E-state index contributed by atoms with van der Waals surface area (Å²) in [6.45, 7) is 10.5. The Bertz CT molecular complexity index is 999. The van der Waals surface area contributed by atoms with Crippen LogP contribution in [0, 0.1) is 20.8 Å². The van der Waals surface area contributed by atoms with Crippen molar-refractivity contribution in [2.24, 2.45) is 0 Å². The minimum absolute atomic E-state index is 0.0494. The summed E-state index contributed by atoms with van der Waals surface area (Å²) in [6.07, 6.45) is 0. The van der Waals surface area contributed by atoms with Crippen LogP contribution in [0.2, 0.25) is 0 Å². The molecule has 0 saturated carbocycles. The third-order valence-corrected chi connectivity index (χ3v) is 4.79. The Kier molecular flexibility index (Phi) is 6.27. The van der Waals surface area contributed by atoms with Crippen molar-refractivity contribution in [3.05, 3.63) is 82.7 Å². The number of nitrogens with one attached hydrogen (secondary N) is 1. The fourth-order valence-corrected chi connectivity index (χ4v) is 3.14. The average molecular weight is 389 g/mol. The maximum Gasteiger partial charge on any atom is 0.273 e. The van der Waals surface area contributed by atoms with Crippen molar-refractivity contribution in [3.63, 3.8) is 0 Å². The lowest BCUT2D eigenvalue weighted by Crippen LogP contribution is -2.37. The van der Waals surface area contributed by atoms with Crippen molar-refractivity contribution in [2.75, 3.05) is 5.32 Å². The minimum atomic E-state index is -0.0987. The third-order valence-electron chi connectivity index (χ3n) is 4.79. The van der Waals surface area contributed by atoms with E-state index in [0.29, 0.717) is 18.2 Å². The summed E-state index contributed by atoms with van der Waals surface area (Å²) >= 11 is 0. The van der Waals surface area contributed by atoms with E-state index in [1.807, 2.05) is 69.9 Å². The van der Waals surface area contributed by atoms with E-state index in [-0.39, 0.29) is 11.9 Å². The Morgan fingerprint density at radius 1 is 1.00 bits per heavy atom. The van der Waals surface area contributed by atoms with Crippen LogP contribution in [0.5, 0.6) is 0 Å². The second-order valence-electron chi connectivity index (χ2n) is 7.67. The minimum Gasteiger partial charge on any atom is -0.331 e. The highest BCUT2D eigenvalue weighted by atomic mass is 16.2. The first-order valence-electron chi connectivity index (χ1n) is 9.88. The Balaban J connectivity index is 1.89. The molecule has 150 valence electrons. The zero-order chi connectivity index (χ0) is 21.0. The van der Waals surface area contributed by atoms with E-state index < -0.39 is 0 Å². The van der Waals surface area contributed by atoms with Crippen LogP contribution in [0.15, 0.2) is 54.6 Å². The van der Waals surface area contributed by atoms with Gasteiger partial charge in [-0.25, -0.2) is 9.97 Å². The normalized spacial score (nSPS) is 10.8. The second kappa shape index (κ2) is 8.86. The number of rotatable bonds is 6. The topological polar surface area (TPSA) is 58.1 Å². The quantitative estimate of drug-likeness (QED) is 0.631. The fourth-order valence-electron chi connectivity index (χ4n) is 3.14. The standard InChI is InChI=1S/C24H28N4O/c1-16(2)28(15-20-9-7-6-8-10-20)23(29)22-14-19(5)25-24(27-22)26-21-13-17(3)11-12-18(21)4/h6-14,16H,15H2,1-5H3,(H,25,26,27). The molecule has 1 N–H and O–H groups in total. The van der Waals surface area contributed by atoms with Gasteiger partial charge in [-0.2, -0.15) is 0 Å². The molecule has 0 atom stereocenters. The van der Waals surface area contributed by atoms with Crippen LogP contribution >= 0.6 is 0 Å². The largest absolute Gasteiger partial charge is 0.331 e. The van der Waals surface area contributed by atoms with E-state index in [4.69, 9.17) is 0 Å². The van der Waals surface area contributed by atoms with E-state index in [2.05, 4.69) is 33.5 Å². The molecule has 0 aliphatic heterocycles. The van der Waals surface area contributed by atoms with Gasteiger partial charge in [0.1, 0.15) is 5.69 Å². The molecule has 0 fully saturated rings. The number of hydrogen-bond donors (Lipinski definition) is 1. The van der Waals surface area contributed by atoms with Gasteiger partial charge in [-0.3, -0.25) is 4.79 Å². The molecule has 0 saturated heterocycles. The highest BCUT2D eigenvalue weighted by Crippen LogP contribution is 2.21. The maximum atomic E-state index is 13.3. The van der Waals surface area contributed by atoms with Gasteiger partial charge in [0.25, 0.3) is 5.91 Å². The van der Waals surface area contributed by atoms with Crippen LogP contribution in [-0.2, 0) is 6.54 Å². The highest BCUT2D eigenvalue weighted by molar-refractivity contribution is 5.93. The molecule has 0 unspecified atom stereocenters. The van der Waals surface area contributed by atoms with Crippen LogP contribution in [0.4, 0.5) is 11.6 Å². The summed E-state index contributed by atoms with van der Waals surface area (Å²) in [5.41, 5.74) is 5.43. The number of benzene rings is 2. The average Bonchev–Trinajstić information content (AvgIpc) is 2.68. The summed E-state index contributed by atoms with van der Waals surface area (Å²) < 4.78 is 0. The number of carbonyl (C=O) groups excluding carboxylic acids is 1. The van der Waals surface area contributed by atoms with Gasteiger partial charge in [0, 0.05) is 24.0 Å².